The molecule has 0 aromatic heterocycles. The molecule has 11 heavy (non-hydrogen) atoms. The van der Waals surface area contributed by atoms with E-state index in [9.17, 15) is 0 Å². The molecule has 0 fully saturated rings. The molecule has 0 radical (unpaired) electrons. The van der Waals surface area contributed by atoms with Gasteiger partial charge in [0.2, 0.25) is 0 Å². The number of rotatable bonds is 0. The summed E-state index contributed by atoms with van der Waals surface area (Å²) in [5.74, 6) is 0. The summed E-state index contributed by atoms with van der Waals surface area (Å²) in [5, 5.41) is 6.89. The zero-order chi connectivity index (χ0) is 8.69. The van der Waals surface area contributed by atoms with E-state index in [0.29, 0.717) is 11.4 Å². The minimum atomic E-state index is -0.250. The molecular weight excluding hydrogens is 144 g/mol. The van der Waals surface area contributed by atoms with Gasteiger partial charge in [-0.05, 0) is 12.1 Å². The van der Waals surface area contributed by atoms with Gasteiger partial charge in [-0.15, -0.1) is 0 Å². The highest BCUT2D eigenvalue weighted by Crippen LogP contribution is 2.10. The lowest BCUT2D eigenvalue weighted by Crippen LogP contribution is -1.91. The number of carbonyl (C=O) groups is 1. The first-order chi connectivity index (χ1) is 5.22. The summed E-state index contributed by atoms with van der Waals surface area (Å²) in [4.78, 5) is 8.36. The van der Waals surface area contributed by atoms with Gasteiger partial charge in [0.1, 0.15) is 0 Å². The molecule has 1 aromatic carbocycles. The van der Waals surface area contributed by atoms with Gasteiger partial charge in [-0.3, -0.25) is 4.79 Å². The average molecular weight is 154 g/mol. The highest BCUT2D eigenvalue weighted by molar-refractivity contribution is 5.62. The minimum absolute atomic E-state index is 0.250. The number of para-hydroxylation sites is 2. The minimum Gasteiger partial charge on any atom is -0.483 e. The Hall–Kier alpha value is -1.71. The molecule has 0 aliphatic heterocycles. The fourth-order valence-electron chi connectivity index (χ4n) is 0.511. The van der Waals surface area contributed by atoms with Crippen molar-refractivity contribution in [3.8, 4) is 0 Å². The fraction of sp³-hybridized carbons (Fsp3) is 0. The third-order valence-corrected chi connectivity index (χ3v) is 0.996. The molecule has 4 nitrogen and oxygen atoms in total. The number of benzene rings is 1. The van der Waals surface area contributed by atoms with Crippen molar-refractivity contribution in [2.45, 2.75) is 0 Å². The molecule has 0 amide bonds. The predicted molar refractivity (Wildman–Crippen MR) is 44.0 cm³/mol. The zero-order valence-corrected chi connectivity index (χ0v) is 5.90. The van der Waals surface area contributed by atoms with Crippen LogP contribution in [0.5, 0.6) is 0 Å². The Bertz CT molecular complexity index is 204. The number of anilines is 2. The van der Waals surface area contributed by atoms with E-state index in [1.807, 2.05) is 12.1 Å². The van der Waals surface area contributed by atoms with E-state index in [1.54, 1.807) is 12.1 Å². The summed E-state index contributed by atoms with van der Waals surface area (Å²) in [6, 6.07) is 7.25. The molecule has 0 unspecified atom stereocenters. The summed E-state index contributed by atoms with van der Waals surface area (Å²) >= 11 is 0. The number of hydrogen-bond donors (Lipinski definition) is 3. The molecule has 0 saturated heterocycles. The summed E-state index contributed by atoms with van der Waals surface area (Å²) in [5.41, 5.74) is 12.1. The van der Waals surface area contributed by atoms with Crippen LogP contribution >= 0.6 is 0 Å². The standard InChI is InChI=1S/C6H8N2.CH2O2/c7-5-3-1-2-4-6(5)8;2-1-3/h1-4H,7-8H2;1H,(H,2,3). The molecule has 0 heterocycles. The van der Waals surface area contributed by atoms with E-state index >= 15 is 0 Å². The lowest BCUT2D eigenvalue weighted by Gasteiger charge is -1.94. The quantitative estimate of drug-likeness (QED) is 0.376. The van der Waals surface area contributed by atoms with Gasteiger partial charge in [0, 0.05) is 0 Å². The highest BCUT2D eigenvalue weighted by atomic mass is 16.3. The molecule has 0 aliphatic carbocycles. The number of nitrogen functional groups attached to an aromatic ring is 2. The lowest BCUT2D eigenvalue weighted by molar-refractivity contribution is -0.122. The van der Waals surface area contributed by atoms with Crippen molar-refractivity contribution < 1.29 is 9.90 Å². The Kier molecular flexibility index (Phi) is 4.31. The van der Waals surface area contributed by atoms with Crippen LogP contribution in [-0.4, -0.2) is 11.6 Å². The first-order valence-electron chi connectivity index (χ1n) is 2.90. The molecule has 1 aromatic rings. The van der Waals surface area contributed by atoms with Gasteiger partial charge >= 0.3 is 0 Å². The Labute approximate surface area is 64.4 Å². The Morgan fingerprint density at radius 3 is 1.64 bits per heavy atom. The van der Waals surface area contributed by atoms with Gasteiger partial charge in [0.25, 0.3) is 6.47 Å². The van der Waals surface area contributed by atoms with E-state index in [4.69, 9.17) is 21.4 Å². The molecule has 60 valence electrons. The van der Waals surface area contributed by atoms with Crippen molar-refractivity contribution in [2.24, 2.45) is 0 Å². The average Bonchev–Trinajstić information content (AvgIpc) is 1.97. The van der Waals surface area contributed by atoms with Crippen molar-refractivity contribution in [3.63, 3.8) is 0 Å². The largest absolute Gasteiger partial charge is 0.483 e. The topological polar surface area (TPSA) is 89.3 Å². The third-order valence-electron chi connectivity index (χ3n) is 0.996. The molecule has 4 heteroatoms. The second-order valence-corrected chi connectivity index (χ2v) is 1.73. The number of carboxylic acid groups (broad SMARTS) is 1. The van der Waals surface area contributed by atoms with Crippen LogP contribution < -0.4 is 11.5 Å². The number of hydrogen-bond acceptors (Lipinski definition) is 3. The van der Waals surface area contributed by atoms with Gasteiger partial charge in [0.05, 0.1) is 11.4 Å². The lowest BCUT2D eigenvalue weighted by atomic mass is 10.3. The van der Waals surface area contributed by atoms with Crippen molar-refractivity contribution in [1.29, 1.82) is 0 Å². The summed E-state index contributed by atoms with van der Waals surface area (Å²) in [6.07, 6.45) is 0. The van der Waals surface area contributed by atoms with Crippen LogP contribution in [0.15, 0.2) is 24.3 Å². The maximum atomic E-state index is 8.36. The van der Waals surface area contributed by atoms with Crippen LogP contribution in [-0.2, 0) is 4.79 Å². The van der Waals surface area contributed by atoms with E-state index < -0.39 is 0 Å². The third kappa shape index (κ3) is 3.80. The monoisotopic (exact) mass is 154 g/mol. The zero-order valence-electron chi connectivity index (χ0n) is 5.90. The molecule has 0 atom stereocenters. The van der Waals surface area contributed by atoms with Crippen molar-refractivity contribution >= 4 is 17.8 Å². The van der Waals surface area contributed by atoms with E-state index in [2.05, 4.69) is 0 Å². The maximum Gasteiger partial charge on any atom is 0.290 e. The summed E-state index contributed by atoms with van der Waals surface area (Å²) < 4.78 is 0. The Morgan fingerprint density at radius 2 is 1.45 bits per heavy atom. The molecule has 0 aliphatic rings. The predicted octanol–water partition coefficient (Wildman–Crippen LogP) is 0.552. The summed E-state index contributed by atoms with van der Waals surface area (Å²) in [7, 11) is 0. The first-order valence-corrected chi connectivity index (χ1v) is 2.90. The van der Waals surface area contributed by atoms with Crippen LogP contribution in [0.1, 0.15) is 0 Å². The molecule has 1 rings (SSSR count). The van der Waals surface area contributed by atoms with Crippen molar-refractivity contribution in [3.05, 3.63) is 24.3 Å². The van der Waals surface area contributed by atoms with Crippen LogP contribution in [0.2, 0.25) is 0 Å². The van der Waals surface area contributed by atoms with Crippen molar-refractivity contribution in [2.75, 3.05) is 11.5 Å². The summed E-state index contributed by atoms with van der Waals surface area (Å²) in [6.45, 7) is -0.250. The van der Waals surface area contributed by atoms with Gasteiger partial charge < -0.3 is 16.6 Å². The maximum absolute atomic E-state index is 8.36. The molecule has 0 spiro atoms. The second kappa shape index (κ2) is 5.10. The van der Waals surface area contributed by atoms with Crippen molar-refractivity contribution in [1.82, 2.24) is 0 Å². The normalized spacial score (nSPS) is 7.64. The van der Waals surface area contributed by atoms with Crippen LogP contribution in [0.25, 0.3) is 0 Å². The van der Waals surface area contributed by atoms with Gasteiger partial charge in [-0.2, -0.15) is 0 Å². The Balaban J connectivity index is 0.000000292. The van der Waals surface area contributed by atoms with Gasteiger partial charge in [-0.1, -0.05) is 12.1 Å². The van der Waals surface area contributed by atoms with E-state index in [0.717, 1.165) is 0 Å². The highest BCUT2D eigenvalue weighted by Gasteiger charge is 1.85. The van der Waals surface area contributed by atoms with E-state index in [-0.39, 0.29) is 6.47 Å². The Morgan fingerprint density at radius 1 is 1.18 bits per heavy atom. The second-order valence-electron chi connectivity index (χ2n) is 1.73. The molecule has 5 N–H and O–H groups in total. The fourth-order valence-corrected chi connectivity index (χ4v) is 0.511. The van der Waals surface area contributed by atoms with Gasteiger partial charge in [-0.25, -0.2) is 0 Å². The smallest absolute Gasteiger partial charge is 0.290 e. The first kappa shape index (κ1) is 9.29. The molecule has 0 bridgehead atoms. The molecular formula is C7H10N2O2. The van der Waals surface area contributed by atoms with Crippen LogP contribution in [0, 0.1) is 0 Å². The number of nitrogens with two attached hydrogens (primary N) is 2. The van der Waals surface area contributed by atoms with E-state index in [1.165, 1.54) is 0 Å². The van der Waals surface area contributed by atoms with Crippen LogP contribution in [0.3, 0.4) is 0 Å². The SMILES string of the molecule is Nc1ccccc1N.O=CO. The van der Waals surface area contributed by atoms with Crippen LogP contribution in [0.4, 0.5) is 11.4 Å². The molecule has 0 saturated carbocycles. The van der Waals surface area contributed by atoms with Gasteiger partial charge in [0.15, 0.2) is 0 Å².